The Hall–Kier alpha value is -1.85. The van der Waals surface area contributed by atoms with E-state index < -0.39 is 0 Å². The lowest BCUT2D eigenvalue weighted by molar-refractivity contribution is 0.589. The van der Waals surface area contributed by atoms with Crippen LogP contribution in [0.5, 0.6) is 0 Å². The molecule has 1 unspecified atom stereocenters. The molecule has 2 heterocycles. The van der Waals surface area contributed by atoms with Crippen molar-refractivity contribution in [2.45, 2.75) is 19.4 Å². The van der Waals surface area contributed by atoms with Gasteiger partial charge in [-0.3, -0.25) is 4.98 Å². The van der Waals surface area contributed by atoms with Gasteiger partial charge in [-0.15, -0.1) is 0 Å². The summed E-state index contributed by atoms with van der Waals surface area (Å²) in [4.78, 5) is 4.54. The van der Waals surface area contributed by atoms with Crippen LogP contribution in [0.2, 0.25) is 0 Å². The van der Waals surface area contributed by atoms with Crippen LogP contribution in [0, 0.1) is 0 Å². The topological polar surface area (TPSA) is 50.7 Å². The SMILES string of the molecule is CCCNC(c1cnc2ccccc2c1)c1cnsn1. The van der Waals surface area contributed by atoms with E-state index in [1.54, 1.807) is 0 Å². The summed E-state index contributed by atoms with van der Waals surface area (Å²) in [7, 11) is 0. The van der Waals surface area contributed by atoms with Gasteiger partial charge in [-0.2, -0.15) is 8.75 Å². The fourth-order valence-corrected chi connectivity index (χ4v) is 2.68. The third kappa shape index (κ3) is 2.69. The van der Waals surface area contributed by atoms with Crippen molar-refractivity contribution in [3.05, 3.63) is 54.0 Å². The van der Waals surface area contributed by atoms with Gasteiger partial charge in [-0.05, 0) is 30.7 Å². The number of fused-ring (bicyclic) bond motifs is 1. The normalized spacial score (nSPS) is 12.7. The lowest BCUT2D eigenvalue weighted by atomic mass is 10.0. The second-order valence-corrected chi connectivity index (χ2v) is 5.24. The van der Waals surface area contributed by atoms with E-state index in [2.05, 4.69) is 38.1 Å². The molecular formula is C15H16N4S. The van der Waals surface area contributed by atoms with Gasteiger partial charge in [0.2, 0.25) is 0 Å². The summed E-state index contributed by atoms with van der Waals surface area (Å²) in [6.45, 7) is 3.09. The number of hydrogen-bond acceptors (Lipinski definition) is 5. The molecule has 1 N–H and O–H groups in total. The Morgan fingerprint density at radius 1 is 1.25 bits per heavy atom. The van der Waals surface area contributed by atoms with Gasteiger partial charge in [0.25, 0.3) is 0 Å². The highest BCUT2D eigenvalue weighted by molar-refractivity contribution is 6.99. The minimum absolute atomic E-state index is 0.0609. The zero-order valence-electron chi connectivity index (χ0n) is 11.3. The van der Waals surface area contributed by atoms with E-state index in [1.807, 2.05) is 30.6 Å². The van der Waals surface area contributed by atoms with Crippen molar-refractivity contribution in [1.29, 1.82) is 0 Å². The van der Waals surface area contributed by atoms with Gasteiger partial charge in [0.1, 0.15) is 0 Å². The Morgan fingerprint density at radius 3 is 2.95 bits per heavy atom. The first-order valence-corrected chi connectivity index (χ1v) is 7.47. The lowest BCUT2D eigenvalue weighted by Crippen LogP contribution is -2.23. The molecule has 4 nitrogen and oxygen atoms in total. The molecule has 3 aromatic rings. The summed E-state index contributed by atoms with van der Waals surface area (Å²) in [6, 6.07) is 10.4. The molecule has 0 saturated heterocycles. The van der Waals surface area contributed by atoms with Crippen LogP contribution in [-0.4, -0.2) is 20.3 Å². The molecule has 0 amide bonds. The van der Waals surface area contributed by atoms with Crippen LogP contribution in [0.25, 0.3) is 10.9 Å². The fourth-order valence-electron chi connectivity index (χ4n) is 2.23. The molecule has 1 atom stereocenters. The zero-order chi connectivity index (χ0) is 13.8. The molecule has 3 rings (SSSR count). The predicted molar refractivity (Wildman–Crippen MR) is 81.8 cm³/mol. The van der Waals surface area contributed by atoms with Crippen LogP contribution >= 0.6 is 11.7 Å². The van der Waals surface area contributed by atoms with Crippen LogP contribution in [0.3, 0.4) is 0 Å². The predicted octanol–water partition coefficient (Wildman–Crippen LogP) is 3.18. The van der Waals surface area contributed by atoms with E-state index in [4.69, 9.17) is 0 Å². The third-order valence-electron chi connectivity index (χ3n) is 3.22. The Kier molecular flexibility index (Phi) is 3.99. The monoisotopic (exact) mass is 284 g/mol. The van der Waals surface area contributed by atoms with Gasteiger partial charge in [0.05, 0.1) is 35.2 Å². The highest BCUT2D eigenvalue weighted by Crippen LogP contribution is 2.23. The van der Waals surface area contributed by atoms with Crippen molar-refractivity contribution in [2.75, 3.05) is 6.54 Å². The molecule has 20 heavy (non-hydrogen) atoms. The number of para-hydroxylation sites is 1. The summed E-state index contributed by atoms with van der Waals surface area (Å²) in [5.41, 5.74) is 3.10. The van der Waals surface area contributed by atoms with Crippen LogP contribution in [-0.2, 0) is 0 Å². The second kappa shape index (κ2) is 6.07. The highest BCUT2D eigenvalue weighted by atomic mass is 32.1. The Morgan fingerprint density at radius 2 is 2.15 bits per heavy atom. The lowest BCUT2D eigenvalue weighted by Gasteiger charge is -2.16. The van der Waals surface area contributed by atoms with Crippen LogP contribution in [0.4, 0.5) is 0 Å². The maximum atomic E-state index is 4.54. The summed E-state index contributed by atoms with van der Waals surface area (Å²) in [5.74, 6) is 0. The fraction of sp³-hybridized carbons (Fsp3) is 0.267. The minimum atomic E-state index is 0.0609. The zero-order valence-corrected chi connectivity index (χ0v) is 12.1. The average molecular weight is 284 g/mol. The summed E-state index contributed by atoms with van der Waals surface area (Å²) >= 11 is 1.24. The maximum Gasteiger partial charge on any atom is 0.0958 e. The van der Waals surface area contributed by atoms with Crippen molar-refractivity contribution >= 4 is 22.6 Å². The number of nitrogens with zero attached hydrogens (tertiary/aromatic N) is 3. The first-order chi connectivity index (χ1) is 9.88. The van der Waals surface area contributed by atoms with Crippen LogP contribution < -0.4 is 5.32 Å². The largest absolute Gasteiger partial charge is 0.305 e. The first-order valence-electron chi connectivity index (χ1n) is 6.74. The van der Waals surface area contributed by atoms with E-state index in [1.165, 1.54) is 11.7 Å². The summed E-state index contributed by atoms with van der Waals surface area (Å²) in [6.07, 6.45) is 4.83. The van der Waals surface area contributed by atoms with Gasteiger partial charge >= 0.3 is 0 Å². The van der Waals surface area contributed by atoms with E-state index in [9.17, 15) is 0 Å². The Balaban J connectivity index is 1.99. The second-order valence-electron chi connectivity index (χ2n) is 4.68. The van der Waals surface area contributed by atoms with Crippen LogP contribution in [0.15, 0.2) is 42.7 Å². The number of hydrogen-bond donors (Lipinski definition) is 1. The van der Waals surface area contributed by atoms with Gasteiger partial charge in [-0.1, -0.05) is 25.1 Å². The number of rotatable bonds is 5. The van der Waals surface area contributed by atoms with Gasteiger partial charge in [-0.25, -0.2) is 0 Å². The molecule has 0 saturated carbocycles. The highest BCUT2D eigenvalue weighted by Gasteiger charge is 2.16. The Bertz CT molecular complexity index is 681. The van der Waals surface area contributed by atoms with Crippen molar-refractivity contribution in [3.8, 4) is 0 Å². The molecular weight excluding hydrogens is 268 g/mol. The molecule has 0 spiro atoms. The van der Waals surface area contributed by atoms with E-state index in [0.717, 1.165) is 35.1 Å². The molecule has 0 aliphatic heterocycles. The van der Waals surface area contributed by atoms with Crippen molar-refractivity contribution in [1.82, 2.24) is 19.0 Å². The molecule has 5 heteroatoms. The van der Waals surface area contributed by atoms with Crippen molar-refractivity contribution < 1.29 is 0 Å². The van der Waals surface area contributed by atoms with Crippen LogP contribution in [0.1, 0.15) is 30.6 Å². The van der Waals surface area contributed by atoms with Crippen molar-refractivity contribution in [3.63, 3.8) is 0 Å². The average Bonchev–Trinajstić information content (AvgIpc) is 3.02. The molecule has 0 aliphatic carbocycles. The van der Waals surface area contributed by atoms with Gasteiger partial charge < -0.3 is 5.32 Å². The Labute approximate surface area is 122 Å². The van der Waals surface area contributed by atoms with Gasteiger partial charge in [0.15, 0.2) is 0 Å². The first kappa shape index (κ1) is 13.1. The maximum absolute atomic E-state index is 4.54. The third-order valence-corrected chi connectivity index (χ3v) is 3.71. The van der Waals surface area contributed by atoms with E-state index >= 15 is 0 Å². The van der Waals surface area contributed by atoms with Crippen molar-refractivity contribution in [2.24, 2.45) is 0 Å². The molecule has 0 aliphatic rings. The summed E-state index contributed by atoms with van der Waals surface area (Å²) in [5, 5.41) is 4.67. The number of nitrogens with one attached hydrogen (secondary N) is 1. The van der Waals surface area contributed by atoms with Gasteiger partial charge in [0, 0.05) is 11.6 Å². The number of aromatic nitrogens is 3. The molecule has 0 fully saturated rings. The molecule has 102 valence electrons. The molecule has 1 aromatic carbocycles. The number of benzene rings is 1. The van der Waals surface area contributed by atoms with E-state index in [-0.39, 0.29) is 6.04 Å². The number of pyridine rings is 1. The molecule has 2 aromatic heterocycles. The minimum Gasteiger partial charge on any atom is -0.305 e. The standard InChI is InChI=1S/C15H16N4S/c1-2-7-16-15(14-10-18-20-19-14)12-8-11-5-3-4-6-13(11)17-9-12/h3-6,8-10,15-16H,2,7H2,1H3. The smallest absolute Gasteiger partial charge is 0.0958 e. The quantitative estimate of drug-likeness (QED) is 0.782. The summed E-state index contributed by atoms with van der Waals surface area (Å²) < 4.78 is 8.48. The van der Waals surface area contributed by atoms with E-state index in [0.29, 0.717) is 0 Å². The molecule has 0 bridgehead atoms. The molecule has 0 radical (unpaired) electrons.